The predicted octanol–water partition coefficient (Wildman–Crippen LogP) is 1.64. The number of morpholine rings is 1. The summed E-state index contributed by atoms with van der Waals surface area (Å²) in [5, 5.41) is 13.6. The summed E-state index contributed by atoms with van der Waals surface area (Å²) >= 11 is 0. The molecule has 0 amide bonds. The number of nitrogens with zero attached hydrogens (tertiary/aromatic N) is 4. The monoisotopic (exact) mass is 336 g/mol. The molecular formula is C15H18F2N6O. The second-order valence-corrected chi connectivity index (χ2v) is 5.30. The van der Waals surface area contributed by atoms with Crippen LogP contribution in [0.2, 0.25) is 0 Å². The maximum atomic E-state index is 13.6. The van der Waals surface area contributed by atoms with Crippen LogP contribution >= 0.6 is 0 Å². The summed E-state index contributed by atoms with van der Waals surface area (Å²) in [7, 11) is 0. The molecule has 0 atom stereocenters. The maximum Gasteiger partial charge on any atom is 0.244 e. The number of hydrogen-bond acceptors (Lipinski definition) is 7. The number of halogens is 2. The van der Waals surface area contributed by atoms with Crippen molar-refractivity contribution in [2.75, 3.05) is 50.0 Å². The predicted molar refractivity (Wildman–Crippen MR) is 85.2 cm³/mol. The first kappa shape index (κ1) is 16.5. The van der Waals surface area contributed by atoms with Gasteiger partial charge in [-0.25, -0.2) is 8.78 Å². The number of benzene rings is 1. The lowest BCUT2D eigenvalue weighted by Gasteiger charge is -2.26. The summed E-state index contributed by atoms with van der Waals surface area (Å²) < 4.78 is 31.9. The van der Waals surface area contributed by atoms with Gasteiger partial charge >= 0.3 is 0 Å². The van der Waals surface area contributed by atoms with Gasteiger partial charge < -0.3 is 15.4 Å². The highest BCUT2D eigenvalue weighted by Crippen LogP contribution is 2.19. The zero-order chi connectivity index (χ0) is 16.8. The van der Waals surface area contributed by atoms with Crippen LogP contribution in [0, 0.1) is 11.6 Å². The van der Waals surface area contributed by atoms with Gasteiger partial charge in [-0.15, -0.1) is 5.10 Å². The Morgan fingerprint density at radius 3 is 2.83 bits per heavy atom. The Morgan fingerprint density at radius 2 is 2.04 bits per heavy atom. The van der Waals surface area contributed by atoms with E-state index < -0.39 is 11.6 Å². The number of nitrogens with one attached hydrogen (secondary N) is 2. The minimum absolute atomic E-state index is 0.121. The smallest absolute Gasteiger partial charge is 0.244 e. The Kier molecular flexibility index (Phi) is 5.44. The molecule has 1 fully saturated rings. The van der Waals surface area contributed by atoms with Crippen LogP contribution in [0.4, 0.5) is 26.2 Å². The number of anilines is 3. The van der Waals surface area contributed by atoms with Crippen LogP contribution < -0.4 is 10.6 Å². The number of ether oxygens (including phenoxy) is 1. The molecular weight excluding hydrogens is 318 g/mol. The van der Waals surface area contributed by atoms with Crippen molar-refractivity contribution in [3.8, 4) is 0 Å². The standard InChI is InChI=1S/C15H18F2N6O/c16-11-1-2-13(12(17)9-11)20-14-10-19-22-15(21-14)18-3-4-23-5-7-24-8-6-23/h1-2,9-10H,3-8H2,(H2,18,20,21,22). The highest BCUT2D eigenvalue weighted by molar-refractivity contribution is 5.56. The topological polar surface area (TPSA) is 75.2 Å². The van der Waals surface area contributed by atoms with E-state index in [1.165, 1.54) is 18.3 Å². The SMILES string of the molecule is Fc1ccc(Nc2cnnc(NCCN3CCOCC3)n2)c(F)c1. The van der Waals surface area contributed by atoms with E-state index in [0.29, 0.717) is 18.3 Å². The molecule has 1 aliphatic heterocycles. The summed E-state index contributed by atoms with van der Waals surface area (Å²) in [4.78, 5) is 6.49. The van der Waals surface area contributed by atoms with Gasteiger partial charge in [0, 0.05) is 32.2 Å². The molecule has 128 valence electrons. The molecule has 2 N–H and O–H groups in total. The van der Waals surface area contributed by atoms with E-state index in [1.54, 1.807) is 0 Å². The van der Waals surface area contributed by atoms with Crippen LogP contribution in [-0.2, 0) is 4.74 Å². The van der Waals surface area contributed by atoms with Crippen molar-refractivity contribution in [2.45, 2.75) is 0 Å². The molecule has 0 radical (unpaired) electrons. The quantitative estimate of drug-likeness (QED) is 0.830. The molecule has 1 aromatic heterocycles. The Balaban J connectivity index is 1.55. The van der Waals surface area contributed by atoms with E-state index in [0.717, 1.165) is 38.9 Å². The largest absolute Gasteiger partial charge is 0.379 e. The summed E-state index contributed by atoms with van der Waals surface area (Å²) in [6, 6.07) is 3.28. The Bertz CT molecular complexity index is 681. The van der Waals surface area contributed by atoms with Crippen LogP contribution in [-0.4, -0.2) is 59.5 Å². The van der Waals surface area contributed by atoms with Crippen LogP contribution in [0.5, 0.6) is 0 Å². The van der Waals surface area contributed by atoms with Crippen LogP contribution in [0.3, 0.4) is 0 Å². The van der Waals surface area contributed by atoms with E-state index in [2.05, 4.69) is 30.7 Å². The average molecular weight is 336 g/mol. The molecule has 0 saturated carbocycles. The molecule has 0 unspecified atom stereocenters. The fourth-order valence-electron chi connectivity index (χ4n) is 2.32. The lowest BCUT2D eigenvalue weighted by Crippen LogP contribution is -2.39. The molecule has 24 heavy (non-hydrogen) atoms. The molecule has 9 heteroatoms. The summed E-state index contributed by atoms with van der Waals surface area (Å²) in [5.41, 5.74) is 0.121. The lowest BCUT2D eigenvalue weighted by atomic mass is 10.3. The van der Waals surface area contributed by atoms with E-state index in [1.807, 2.05) is 0 Å². The van der Waals surface area contributed by atoms with Gasteiger partial charge in [-0.1, -0.05) is 0 Å². The van der Waals surface area contributed by atoms with Crippen molar-refractivity contribution in [1.82, 2.24) is 20.1 Å². The van der Waals surface area contributed by atoms with Gasteiger partial charge in [0.05, 0.1) is 25.1 Å². The molecule has 1 saturated heterocycles. The zero-order valence-electron chi connectivity index (χ0n) is 13.0. The van der Waals surface area contributed by atoms with Gasteiger partial charge in [0.25, 0.3) is 0 Å². The third-order valence-electron chi connectivity index (χ3n) is 3.57. The fourth-order valence-corrected chi connectivity index (χ4v) is 2.32. The number of hydrogen-bond donors (Lipinski definition) is 2. The van der Waals surface area contributed by atoms with Crippen molar-refractivity contribution < 1.29 is 13.5 Å². The minimum Gasteiger partial charge on any atom is -0.379 e. The zero-order valence-corrected chi connectivity index (χ0v) is 13.0. The van der Waals surface area contributed by atoms with Gasteiger partial charge in [0.1, 0.15) is 11.6 Å². The normalized spacial score (nSPS) is 15.2. The third-order valence-corrected chi connectivity index (χ3v) is 3.57. The Hall–Kier alpha value is -2.39. The minimum atomic E-state index is -0.699. The Labute approximate surface area is 138 Å². The van der Waals surface area contributed by atoms with Gasteiger partial charge in [-0.05, 0) is 12.1 Å². The van der Waals surface area contributed by atoms with Crippen molar-refractivity contribution >= 4 is 17.5 Å². The van der Waals surface area contributed by atoms with Gasteiger partial charge in [-0.2, -0.15) is 10.1 Å². The molecule has 7 nitrogen and oxygen atoms in total. The van der Waals surface area contributed by atoms with Gasteiger partial charge in [-0.3, -0.25) is 4.90 Å². The fraction of sp³-hybridized carbons (Fsp3) is 0.400. The number of aromatic nitrogens is 3. The molecule has 2 heterocycles. The Morgan fingerprint density at radius 1 is 1.21 bits per heavy atom. The molecule has 0 spiro atoms. The van der Waals surface area contributed by atoms with Crippen molar-refractivity contribution in [3.63, 3.8) is 0 Å². The third kappa shape index (κ3) is 4.56. The van der Waals surface area contributed by atoms with Crippen LogP contribution in [0.25, 0.3) is 0 Å². The summed E-state index contributed by atoms with van der Waals surface area (Å²) in [5.74, 6) is -0.667. The second kappa shape index (κ2) is 7.93. The van der Waals surface area contributed by atoms with E-state index >= 15 is 0 Å². The van der Waals surface area contributed by atoms with Crippen molar-refractivity contribution in [3.05, 3.63) is 36.0 Å². The van der Waals surface area contributed by atoms with E-state index in [9.17, 15) is 8.78 Å². The molecule has 0 bridgehead atoms. The van der Waals surface area contributed by atoms with Gasteiger partial charge in [0.15, 0.2) is 5.82 Å². The average Bonchev–Trinajstić information content (AvgIpc) is 2.59. The summed E-state index contributed by atoms with van der Waals surface area (Å²) in [6.07, 6.45) is 1.37. The maximum absolute atomic E-state index is 13.6. The van der Waals surface area contributed by atoms with Crippen molar-refractivity contribution in [2.24, 2.45) is 0 Å². The highest BCUT2D eigenvalue weighted by atomic mass is 19.1. The first-order valence-electron chi connectivity index (χ1n) is 7.66. The van der Waals surface area contributed by atoms with E-state index in [4.69, 9.17) is 4.74 Å². The summed E-state index contributed by atoms with van der Waals surface area (Å²) in [6.45, 7) is 4.83. The van der Waals surface area contributed by atoms with Crippen LogP contribution in [0.1, 0.15) is 0 Å². The first-order valence-corrected chi connectivity index (χ1v) is 7.66. The molecule has 2 aromatic rings. The lowest BCUT2D eigenvalue weighted by molar-refractivity contribution is 0.0398. The highest BCUT2D eigenvalue weighted by Gasteiger charge is 2.10. The second-order valence-electron chi connectivity index (χ2n) is 5.30. The molecule has 3 rings (SSSR count). The van der Waals surface area contributed by atoms with E-state index in [-0.39, 0.29) is 5.69 Å². The molecule has 0 aliphatic carbocycles. The van der Waals surface area contributed by atoms with Crippen LogP contribution in [0.15, 0.2) is 24.4 Å². The van der Waals surface area contributed by atoms with Gasteiger partial charge in [0.2, 0.25) is 5.95 Å². The molecule has 1 aromatic carbocycles. The molecule has 1 aliphatic rings. The number of rotatable bonds is 6. The van der Waals surface area contributed by atoms with Crippen molar-refractivity contribution in [1.29, 1.82) is 0 Å². The first-order chi connectivity index (χ1) is 11.7.